The highest BCUT2D eigenvalue weighted by molar-refractivity contribution is 5.94. The number of hydrogen-bond donors (Lipinski definition) is 1. The molecule has 1 fully saturated rings. The molecule has 0 amide bonds. The molecule has 3 nitrogen and oxygen atoms in total. The molecule has 3 heteroatoms. The van der Waals surface area contributed by atoms with Crippen molar-refractivity contribution in [3.63, 3.8) is 0 Å². The monoisotopic (exact) mass is 262 g/mol. The summed E-state index contributed by atoms with van der Waals surface area (Å²) in [6, 6.07) is 0.321. The first-order valence-electron chi connectivity index (χ1n) is 7.03. The fourth-order valence-corrected chi connectivity index (χ4v) is 2.35. The predicted octanol–water partition coefficient (Wildman–Crippen LogP) is 2.44. The quantitative estimate of drug-likeness (QED) is 0.591. The molecule has 3 unspecified atom stereocenters. The van der Waals surface area contributed by atoms with Crippen LogP contribution in [0.1, 0.15) is 33.1 Å². The molecule has 0 aromatic rings. The third-order valence-corrected chi connectivity index (χ3v) is 3.51. The van der Waals surface area contributed by atoms with E-state index >= 15 is 0 Å². The topological polar surface area (TPSA) is 46.3 Å². The van der Waals surface area contributed by atoms with Crippen LogP contribution in [-0.2, 0) is 4.79 Å². The molecule has 0 spiro atoms. The summed E-state index contributed by atoms with van der Waals surface area (Å²) in [5.41, 5.74) is 5.63. The minimum Gasteiger partial charge on any atom is -0.325 e. The summed E-state index contributed by atoms with van der Waals surface area (Å²) in [6.07, 6.45) is 14.9. The number of likely N-dealkylation sites (tertiary alicyclic amines) is 1. The van der Waals surface area contributed by atoms with Gasteiger partial charge in [0.05, 0.1) is 6.04 Å². The molecule has 2 N–H and O–H groups in total. The van der Waals surface area contributed by atoms with Gasteiger partial charge >= 0.3 is 0 Å². The number of carbonyl (C=O) groups is 1. The van der Waals surface area contributed by atoms with E-state index in [1.165, 1.54) is 0 Å². The summed E-state index contributed by atoms with van der Waals surface area (Å²) in [4.78, 5) is 14.2. The SMILES string of the molecule is C/C=C/C/C=C/C1CCC(C(=O)/C=C/C(C)N)N1C. The number of carbonyl (C=O) groups excluding carboxylic acids is 1. The van der Waals surface area contributed by atoms with Gasteiger partial charge in [0.2, 0.25) is 0 Å². The second kappa shape index (κ2) is 8.08. The Kier molecular flexibility index (Phi) is 6.74. The average molecular weight is 262 g/mol. The normalized spacial score (nSPS) is 26.9. The van der Waals surface area contributed by atoms with E-state index < -0.39 is 0 Å². The van der Waals surface area contributed by atoms with Crippen LogP contribution >= 0.6 is 0 Å². The molecule has 0 aromatic carbocycles. The van der Waals surface area contributed by atoms with Gasteiger partial charge in [0, 0.05) is 12.1 Å². The Morgan fingerprint density at radius 3 is 2.79 bits per heavy atom. The Balaban J connectivity index is 2.52. The van der Waals surface area contributed by atoms with Gasteiger partial charge in [0.15, 0.2) is 5.78 Å². The molecule has 0 bridgehead atoms. The van der Waals surface area contributed by atoms with Crippen molar-refractivity contribution in [1.29, 1.82) is 0 Å². The molecule has 0 aliphatic carbocycles. The maximum absolute atomic E-state index is 12.1. The zero-order valence-corrected chi connectivity index (χ0v) is 12.3. The van der Waals surface area contributed by atoms with Gasteiger partial charge in [0.25, 0.3) is 0 Å². The molecule has 1 aliphatic rings. The van der Waals surface area contributed by atoms with Crippen LogP contribution in [0, 0.1) is 0 Å². The van der Waals surface area contributed by atoms with Crippen LogP contribution in [0.2, 0.25) is 0 Å². The summed E-state index contributed by atoms with van der Waals surface area (Å²) in [5, 5.41) is 0. The van der Waals surface area contributed by atoms with E-state index in [9.17, 15) is 4.79 Å². The molecule has 0 radical (unpaired) electrons. The van der Waals surface area contributed by atoms with Crippen molar-refractivity contribution in [3.8, 4) is 0 Å². The summed E-state index contributed by atoms with van der Waals surface area (Å²) in [5.74, 6) is 0.171. The van der Waals surface area contributed by atoms with Crippen molar-refractivity contribution in [2.45, 2.75) is 51.2 Å². The maximum atomic E-state index is 12.1. The standard InChI is InChI=1S/C16H26N2O/c1-4-5-6-7-8-14-10-11-15(18(14)3)16(19)12-9-13(2)17/h4-5,7-9,12-15H,6,10-11,17H2,1-3H3/b5-4+,8-7+,12-9+. The first kappa shape index (κ1) is 15.9. The lowest BCUT2D eigenvalue weighted by atomic mass is 10.1. The first-order chi connectivity index (χ1) is 9.06. The van der Waals surface area contributed by atoms with Gasteiger partial charge in [-0.3, -0.25) is 9.69 Å². The van der Waals surface area contributed by atoms with Crippen LogP contribution in [-0.4, -0.2) is 35.9 Å². The van der Waals surface area contributed by atoms with Crippen molar-refractivity contribution >= 4 is 5.78 Å². The van der Waals surface area contributed by atoms with E-state index in [0.717, 1.165) is 19.3 Å². The Labute approximate surface area is 116 Å². The first-order valence-corrected chi connectivity index (χ1v) is 7.03. The highest BCUT2D eigenvalue weighted by Gasteiger charge is 2.32. The Bertz CT molecular complexity index is 369. The van der Waals surface area contributed by atoms with Crippen LogP contribution in [0.25, 0.3) is 0 Å². The number of allylic oxidation sites excluding steroid dienone is 3. The lowest BCUT2D eigenvalue weighted by molar-refractivity contribution is -0.118. The summed E-state index contributed by atoms with van der Waals surface area (Å²) in [7, 11) is 2.03. The molecular formula is C16H26N2O. The van der Waals surface area contributed by atoms with Crippen LogP contribution < -0.4 is 5.73 Å². The van der Waals surface area contributed by atoms with Crippen molar-refractivity contribution in [3.05, 3.63) is 36.5 Å². The van der Waals surface area contributed by atoms with Gasteiger partial charge < -0.3 is 5.73 Å². The van der Waals surface area contributed by atoms with E-state index in [1.54, 1.807) is 12.2 Å². The predicted molar refractivity (Wildman–Crippen MR) is 80.9 cm³/mol. The van der Waals surface area contributed by atoms with Crippen molar-refractivity contribution in [1.82, 2.24) is 4.90 Å². The second-order valence-corrected chi connectivity index (χ2v) is 5.18. The number of hydrogen-bond acceptors (Lipinski definition) is 3. The number of nitrogens with zero attached hydrogens (tertiary/aromatic N) is 1. The lowest BCUT2D eigenvalue weighted by Crippen LogP contribution is -2.36. The molecule has 19 heavy (non-hydrogen) atoms. The minimum absolute atomic E-state index is 0.00590. The molecule has 3 atom stereocenters. The highest BCUT2D eigenvalue weighted by atomic mass is 16.1. The van der Waals surface area contributed by atoms with Gasteiger partial charge in [-0.05, 0) is 46.2 Å². The van der Waals surface area contributed by atoms with Crippen LogP contribution in [0.3, 0.4) is 0 Å². The molecule has 106 valence electrons. The molecular weight excluding hydrogens is 236 g/mol. The molecule has 1 saturated heterocycles. The summed E-state index contributed by atoms with van der Waals surface area (Å²) >= 11 is 0. The van der Waals surface area contributed by atoms with Crippen LogP contribution in [0.15, 0.2) is 36.5 Å². The summed E-state index contributed by atoms with van der Waals surface area (Å²) < 4.78 is 0. The molecule has 0 aromatic heterocycles. The van der Waals surface area contributed by atoms with Gasteiger partial charge in [-0.1, -0.05) is 30.4 Å². The smallest absolute Gasteiger partial charge is 0.172 e. The Hall–Kier alpha value is -1.19. The number of rotatable bonds is 6. The second-order valence-electron chi connectivity index (χ2n) is 5.18. The van der Waals surface area contributed by atoms with Gasteiger partial charge in [0.1, 0.15) is 0 Å². The van der Waals surface area contributed by atoms with Gasteiger partial charge in [-0.2, -0.15) is 0 Å². The zero-order valence-electron chi connectivity index (χ0n) is 12.3. The van der Waals surface area contributed by atoms with Crippen molar-refractivity contribution < 1.29 is 4.79 Å². The molecule has 0 saturated carbocycles. The fourth-order valence-electron chi connectivity index (χ4n) is 2.35. The Morgan fingerprint density at radius 2 is 2.16 bits per heavy atom. The average Bonchev–Trinajstić information content (AvgIpc) is 2.73. The number of nitrogens with two attached hydrogens (primary N) is 1. The van der Waals surface area contributed by atoms with Crippen LogP contribution in [0.4, 0.5) is 0 Å². The lowest BCUT2D eigenvalue weighted by Gasteiger charge is -2.21. The number of likely N-dealkylation sites (N-methyl/N-ethyl adjacent to an activating group) is 1. The largest absolute Gasteiger partial charge is 0.325 e. The molecule has 1 heterocycles. The minimum atomic E-state index is -0.0628. The van der Waals surface area contributed by atoms with E-state index in [2.05, 4.69) is 23.1 Å². The van der Waals surface area contributed by atoms with Crippen molar-refractivity contribution in [2.75, 3.05) is 7.05 Å². The van der Waals surface area contributed by atoms with E-state index in [1.807, 2.05) is 27.0 Å². The third kappa shape index (κ3) is 5.13. The fraction of sp³-hybridized carbons (Fsp3) is 0.562. The van der Waals surface area contributed by atoms with E-state index in [0.29, 0.717) is 6.04 Å². The van der Waals surface area contributed by atoms with E-state index in [-0.39, 0.29) is 17.9 Å². The maximum Gasteiger partial charge on any atom is 0.172 e. The van der Waals surface area contributed by atoms with Crippen LogP contribution in [0.5, 0.6) is 0 Å². The molecule has 1 rings (SSSR count). The van der Waals surface area contributed by atoms with Gasteiger partial charge in [-0.25, -0.2) is 0 Å². The Morgan fingerprint density at radius 1 is 1.42 bits per heavy atom. The van der Waals surface area contributed by atoms with Gasteiger partial charge in [-0.15, -0.1) is 0 Å². The summed E-state index contributed by atoms with van der Waals surface area (Å²) in [6.45, 7) is 3.89. The van der Waals surface area contributed by atoms with Crippen molar-refractivity contribution in [2.24, 2.45) is 5.73 Å². The molecule has 1 aliphatic heterocycles. The van der Waals surface area contributed by atoms with E-state index in [4.69, 9.17) is 5.73 Å². The number of ketones is 1. The zero-order chi connectivity index (χ0) is 14.3. The third-order valence-electron chi connectivity index (χ3n) is 3.51. The highest BCUT2D eigenvalue weighted by Crippen LogP contribution is 2.24.